The van der Waals surface area contributed by atoms with Gasteiger partial charge < -0.3 is 35.2 Å². The molecule has 0 unspecified atom stereocenters. The van der Waals surface area contributed by atoms with Crippen LogP contribution < -0.4 is 25.4 Å². The molecule has 13 heteroatoms. The highest BCUT2D eigenvalue weighted by Gasteiger charge is 2.23. The number of unbranched alkanes of at least 4 members (excludes halogenated alkanes) is 2. The van der Waals surface area contributed by atoms with E-state index in [0.717, 1.165) is 51.0 Å². The molecule has 0 spiro atoms. The van der Waals surface area contributed by atoms with Gasteiger partial charge in [-0.25, -0.2) is 0 Å². The number of carbonyl (C=O) groups is 3. The second-order valence-electron chi connectivity index (χ2n) is 11.5. The summed E-state index contributed by atoms with van der Waals surface area (Å²) in [6.07, 6.45) is 2.95. The Bertz CT molecular complexity index is 1620. The zero-order valence-electron chi connectivity index (χ0n) is 27.3. The molecule has 1 aliphatic rings. The highest BCUT2D eigenvalue weighted by molar-refractivity contribution is 6.10. The summed E-state index contributed by atoms with van der Waals surface area (Å²) in [6.45, 7) is 5.78. The van der Waals surface area contributed by atoms with Crippen LogP contribution in [0, 0.1) is 17.0 Å². The summed E-state index contributed by atoms with van der Waals surface area (Å²) in [7, 11) is 5.12. The summed E-state index contributed by atoms with van der Waals surface area (Å²) >= 11 is 0. The molecule has 1 heterocycles. The van der Waals surface area contributed by atoms with Gasteiger partial charge in [-0.3, -0.25) is 24.5 Å². The van der Waals surface area contributed by atoms with E-state index >= 15 is 0 Å². The Balaban J connectivity index is 1.37. The second-order valence-corrected chi connectivity index (χ2v) is 11.5. The van der Waals surface area contributed by atoms with E-state index in [1.807, 2.05) is 30.0 Å². The number of carbonyl (C=O) groups excluding carboxylic acids is 3. The summed E-state index contributed by atoms with van der Waals surface area (Å²) in [5.41, 5.74) is 7.30. The summed E-state index contributed by atoms with van der Waals surface area (Å²) in [6, 6.07) is 14.2. The SMILES string of the molecule is COc1cc(C(=O)N(C)c2ccc(C)cc2OCCCCCC(=O)N2CCN(C)CC2)ccc1NC(=O)c1cccc([N+](=O)[O-])c1N. The van der Waals surface area contributed by atoms with Gasteiger partial charge in [0.1, 0.15) is 17.2 Å². The van der Waals surface area contributed by atoms with E-state index in [1.54, 1.807) is 13.1 Å². The van der Waals surface area contributed by atoms with Crippen molar-refractivity contribution in [1.29, 1.82) is 0 Å². The van der Waals surface area contributed by atoms with Crippen LogP contribution in [0.3, 0.4) is 0 Å². The quantitative estimate of drug-likeness (QED) is 0.116. The Hall–Kier alpha value is -5.17. The maximum absolute atomic E-state index is 13.6. The smallest absolute Gasteiger partial charge is 0.292 e. The van der Waals surface area contributed by atoms with E-state index in [0.29, 0.717) is 30.0 Å². The number of nitrogen functional groups attached to an aromatic ring is 1. The van der Waals surface area contributed by atoms with Crippen molar-refractivity contribution < 1.29 is 28.8 Å². The number of rotatable bonds is 13. The minimum atomic E-state index is -0.663. The molecular weight excluding hydrogens is 604 g/mol. The number of aryl methyl sites for hydroxylation is 1. The average Bonchev–Trinajstić information content (AvgIpc) is 3.06. The molecule has 3 N–H and O–H groups in total. The van der Waals surface area contributed by atoms with Crippen LogP contribution in [0.25, 0.3) is 0 Å². The lowest BCUT2D eigenvalue weighted by Crippen LogP contribution is -2.47. The standard InChI is InChI=1S/C34H42N6O7/c1-23-12-15-27(30(21-23)47-20-7-5-6-11-31(41)39-18-16-37(2)17-19-39)38(3)34(43)24-13-14-26(29(22-24)46-4)36-33(42)25-9-8-10-28(32(25)35)40(44)45/h8-10,12-15,21-22H,5-7,11,16-20,35H2,1-4H3,(H,36,42). The third-order valence-corrected chi connectivity index (χ3v) is 8.15. The van der Waals surface area contributed by atoms with Crippen molar-refractivity contribution in [3.05, 3.63) is 81.4 Å². The molecule has 3 amide bonds. The molecule has 47 heavy (non-hydrogen) atoms. The normalized spacial score (nSPS) is 13.1. The maximum atomic E-state index is 13.6. The lowest BCUT2D eigenvalue weighted by molar-refractivity contribution is -0.383. The molecule has 250 valence electrons. The molecule has 0 atom stereocenters. The first kappa shape index (κ1) is 34.7. The first-order valence-corrected chi connectivity index (χ1v) is 15.5. The lowest BCUT2D eigenvalue weighted by atomic mass is 10.1. The van der Waals surface area contributed by atoms with Crippen LogP contribution in [0.2, 0.25) is 0 Å². The van der Waals surface area contributed by atoms with Gasteiger partial charge in [0.25, 0.3) is 17.5 Å². The molecule has 3 aromatic rings. The van der Waals surface area contributed by atoms with Gasteiger partial charge in [-0.1, -0.05) is 12.1 Å². The summed E-state index contributed by atoms with van der Waals surface area (Å²) in [4.78, 5) is 55.2. The summed E-state index contributed by atoms with van der Waals surface area (Å²) < 4.78 is 11.6. The lowest BCUT2D eigenvalue weighted by Gasteiger charge is -2.32. The fourth-order valence-electron chi connectivity index (χ4n) is 5.30. The highest BCUT2D eigenvalue weighted by Crippen LogP contribution is 2.33. The van der Waals surface area contributed by atoms with E-state index in [2.05, 4.69) is 17.3 Å². The molecule has 0 aromatic heterocycles. The fraction of sp³-hybridized carbons (Fsp3) is 0.382. The molecular formula is C34H42N6O7. The molecule has 0 radical (unpaired) electrons. The van der Waals surface area contributed by atoms with Crippen molar-refractivity contribution in [1.82, 2.24) is 9.80 Å². The molecule has 1 fully saturated rings. The topological polar surface area (TPSA) is 161 Å². The van der Waals surface area contributed by atoms with Crippen LogP contribution >= 0.6 is 0 Å². The number of likely N-dealkylation sites (N-methyl/N-ethyl adjacent to an activating group) is 1. The number of nitro benzene ring substituents is 1. The largest absolute Gasteiger partial charge is 0.495 e. The summed E-state index contributed by atoms with van der Waals surface area (Å²) in [5, 5.41) is 13.9. The van der Waals surface area contributed by atoms with Crippen LogP contribution in [-0.4, -0.2) is 86.4 Å². The Kier molecular flexibility index (Phi) is 11.7. The first-order valence-electron chi connectivity index (χ1n) is 15.5. The third kappa shape index (κ3) is 8.76. The van der Waals surface area contributed by atoms with E-state index in [9.17, 15) is 24.5 Å². The number of piperazine rings is 1. The maximum Gasteiger partial charge on any atom is 0.292 e. The molecule has 1 aliphatic heterocycles. The Morgan fingerprint density at radius 2 is 1.74 bits per heavy atom. The van der Waals surface area contributed by atoms with Crippen LogP contribution in [0.1, 0.15) is 52.0 Å². The number of hydrogen-bond acceptors (Lipinski definition) is 9. The van der Waals surface area contributed by atoms with Gasteiger partial charge in [-0.2, -0.15) is 0 Å². The van der Waals surface area contributed by atoms with E-state index in [1.165, 1.54) is 42.3 Å². The van der Waals surface area contributed by atoms with Crippen molar-refractivity contribution in [2.45, 2.75) is 32.6 Å². The number of nitro groups is 1. The van der Waals surface area contributed by atoms with Crippen LogP contribution in [-0.2, 0) is 4.79 Å². The number of benzene rings is 3. The number of para-hydroxylation sites is 1. The van der Waals surface area contributed by atoms with Gasteiger partial charge in [-0.05, 0) is 75.2 Å². The molecule has 0 saturated carbocycles. The van der Waals surface area contributed by atoms with Crippen molar-refractivity contribution in [2.24, 2.45) is 0 Å². The minimum Gasteiger partial charge on any atom is -0.495 e. The zero-order chi connectivity index (χ0) is 34.1. The molecule has 3 aromatic carbocycles. The Labute approximate surface area is 274 Å². The van der Waals surface area contributed by atoms with E-state index in [4.69, 9.17) is 15.2 Å². The van der Waals surface area contributed by atoms with E-state index in [-0.39, 0.29) is 40.2 Å². The second kappa shape index (κ2) is 15.9. The molecule has 1 saturated heterocycles. The van der Waals surface area contributed by atoms with Gasteiger partial charge in [0.05, 0.1) is 35.6 Å². The Morgan fingerprint density at radius 1 is 1.00 bits per heavy atom. The van der Waals surface area contributed by atoms with Crippen LogP contribution in [0.5, 0.6) is 11.5 Å². The number of nitrogens with one attached hydrogen (secondary N) is 1. The number of ether oxygens (including phenoxy) is 2. The highest BCUT2D eigenvalue weighted by atomic mass is 16.6. The van der Waals surface area contributed by atoms with Crippen molar-refractivity contribution in [3.63, 3.8) is 0 Å². The van der Waals surface area contributed by atoms with Crippen LogP contribution in [0.15, 0.2) is 54.6 Å². The van der Waals surface area contributed by atoms with Gasteiger partial charge >= 0.3 is 0 Å². The molecule has 13 nitrogen and oxygen atoms in total. The fourth-order valence-corrected chi connectivity index (χ4v) is 5.30. The van der Waals surface area contributed by atoms with Crippen molar-refractivity contribution in [3.8, 4) is 11.5 Å². The van der Waals surface area contributed by atoms with Gasteiger partial charge in [0.15, 0.2) is 0 Å². The Morgan fingerprint density at radius 3 is 2.45 bits per heavy atom. The average molecular weight is 647 g/mol. The van der Waals surface area contributed by atoms with Crippen LogP contribution in [0.4, 0.5) is 22.7 Å². The monoisotopic (exact) mass is 646 g/mol. The van der Waals surface area contributed by atoms with Crippen molar-refractivity contribution >= 4 is 40.5 Å². The summed E-state index contributed by atoms with van der Waals surface area (Å²) in [5.74, 6) is -0.00353. The predicted octanol–water partition coefficient (Wildman–Crippen LogP) is 4.74. The molecule has 0 aliphatic carbocycles. The predicted molar refractivity (Wildman–Crippen MR) is 180 cm³/mol. The number of anilines is 3. The number of amides is 3. The van der Waals surface area contributed by atoms with Crippen molar-refractivity contribution in [2.75, 3.05) is 69.9 Å². The number of nitrogens with zero attached hydrogens (tertiary/aromatic N) is 4. The van der Waals surface area contributed by atoms with Gasteiger partial charge in [0.2, 0.25) is 5.91 Å². The third-order valence-electron chi connectivity index (χ3n) is 8.15. The zero-order valence-corrected chi connectivity index (χ0v) is 27.3. The minimum absolute atomic E-state index is 0.0628. The van der Waals surface area contributed by atoms with Gasteiger partial charge in [-0.15, -0.1) is 0 Å². The van der Waals surface area contributed by atoms with E-state index < -0.39 is 10.8 Å². The molecule has 4 rings (SSSR count). The number of methoxy groups -OCH3 is 1. The number of hydrogen-bond donors (Lipinski definition) is 2. The first-order chi connectivity index (χ1) is 22.5. The molecule has 0 bridgehead atoms. The number of nitrogens with two attached hydrogens (primary N) is 1. The van der Waals surface area contributed by atoms with Gasteiger partial charge in [0, 0.05) is 51.3 Å².